The van der Waals surface area contributed by atoms with E-state index in [0.29, 0.717) is 6.54 Å². The van der Waals surface area contributed by atoms with Crippen LogP contribution in [0.25, 0.3) is 0 Å². The SMILES string of the molecule is CCCN(c1ncnc(Cl)c1[N+](=O)[O-])C(C)C. The quantitative estimate of drug-likeness (QED) is 0.461. The van der Waals surface area contributed by atoms with Crippen molar-refractivity contribution in [2.75, 3.05) is 11.4 Å². The van der Waals surface area contributed by atoms with E-state index in [1.807, 2.05) is 25.7 Å². The Morgan fingerprint density at radius 2 is 2.18 bits per heavy atom. The summed E-state index contributed by atoms with van der Waals surface area (Å²) in [4.78, 5) is 19.9. The Morgan fingerprint density at radius 1 is 1.53 bits per heavy atom. The summed E-state index contributed by atoms with van der Waals surface area (Å²) in [6.07, 6.45) is 2.12. The van der Waals surface area contributed by atoms with Gasteiger partial charge in [0.2, 0.25) is 11.0 Å². The summed E-state index contributed by atoms with van der Waals surface area (Å²) in [5.41, 5.74) is -0.226. The standard InChI is InChI=1S/C10H15ClN4O2/c1-4-5-14(7(2)3)10-8(15(16)17)9(11)12-6-13-10/h6-7H,4-5H2,1-3H3. The molecule has 1 heterocycles. The Balaban J connectivity index is 3.27. The molecule has 0 fully saturated rings. The first-order chi connectivity index (χ1) is 7.99. The van der Waals surface area contributed by atoms with Gasteiger partial charge in [0.15, 0.2) is 0 Å². The zero-order valence-corrected chi connectivity index (χ0v) is 10.8. The van der Waals surface area contributed by atoms with Gasteiger partial charge in [-0.05, 0) is 20.3 Å². The summed E-state index contributed by atoms with van der Waals surface area (Å²) in [5.74, 6) is 0.284. The molecule has 0 saturated carbocycles. The molecule has 0 aromatic carbocycles. The molecule has 0 unspecified atom stereocenters. The molecular formula is C10H15ClN4O2. The smallest absolute Gasteiger partial charge is 0.348 e. The second-order valence-electron chi connectivity index (χ2n) is 3.88. The number of anilines is 1. The van der Waals surface area contributed by atoms with E-state index in [1.165, 1.54) is 6.33 Å². The van der Waals surface area contributed by atoms with Gasteiger partial charge in [-0.15, -0.1) is 0 Å². The fourth-order valence-corrected chi connectivity index (χ4v) is 1.76. The number of halogens is 1. The second kappa shape index (κ2) is 5.77. The minimum Gasteiger partial charge on any atom is -0.348 e. The van der Waals surface area contributed by atoms with Crippen LogP contribution in [-0.4, -0.2) is 27.5 Å². The largest absolute Gasteiger partial charge is 0.348 e. The number of hydrogen-bond donors (Lipinski definition) is 0. The molecule has 1 aromatic rings. The van der Waals surface area contributed by atoms with E-state index in [-0.39, 0.29) is 22.7 Å². The van der Waals surface area contributed by atoms with E-state index >= 15 is 0 Å². The van der Waals surface area contributed by atoms with E-state index in [1.54, 1.807) is 0 Å². The number of nitro groups is 1. The van der Waals surface area contributed by atoms with Crippen molar-refractivity contribution in [3.8, 4) is 0 Å². The number of nitrogens with zero attached hydrogens (tertiary/aromatic N) is 4. The molecule has 17 heavy (non-hydrogen) atoms. The average Bonchev–Trinajstić information content (AvgIpc) is 2.24. The monoisotopic (exact) mass is 258 g/mol. The molecule has 0 aliphatic heterocycles. The highest BCUT2D eigenvalue weighted by atomic mass is 35.5. The molecule has 0 aliphatic carbocycles. The number of hydrogen-bond acceptors (Lipinski definition) is 5. The van der Waals surface area contributed by atoms with E-state index in [0.717, 1.165) is 6.42 Å². The maximum Gasteiger partial charge on any atom is 0.348 e. The van der Waals surface area contributed by atoms with Gasteiger partial charge in [-0.25, -0.2) is 9.97 Å². The van der Waals surface area contributed by atoms with Crippen LogP contribution >= 0.6 is 11.6 Å². The van der Waals surface area contributed by atoms with E-state index in [2.05, 4.69) is 9.97 Å². The van der Waals surface area contributed by atoms with Crippen LogP contribution in [0.15, 0.2) is 6.33 Å². The summed E-state index contributed by atoms with van der Waals surface area (Å²) in [6.45, 7) is 6.60. The highest BCUT2D eigenvalue weighted by Gasteiger charge is 2.26. The van der Waals surface area contributed by atoms with Crippen LogP contribution < -0.4 is 4.90 Å². The molecule has 0 N–H and O–H groups in total. The van der Waals surface area contributed by atoms with Crippen molar-refractivity contribution in [2.24, 2.45) is 0 Å². The summed E-state index contributed by atoms with van der Waals surface area (Å²) in [6, 6.07) is 0.111. The van der Waals surface area contributed by atoms with Crippen LogP contribution in [0, 0.1) is 10.1 Å². The van der Waals surface area contributed by atoms with Crippen molar-refractivity contribution in [3.05, 3.63) is 21.6 Å². The normalized spacial score (nSPS) is 10.6. The van der Waals surface area contributed by atoms with Gasteiger partial charge < -0.3 is 4.90 Å². The van der Waals surface area contributed by atoms with Crippen LogP contribution in [-0.2, 0) is 0 Å². The maximum absolute atomic E-state index is 11.0. The molecule has 7 heteroatoms. The topological polar surface area (TPSA) is 72.2 Å². The summed E-state index contributed by atoms with van der Waals surface area (Å²) >= 11 is 5.75. The van der Waals surface area contributed by atoms with Gasteiger partial charge in [-0.3, -0.25) is 10.1 Å². The maximum atomic E-state index is 11.0. The summed E-state index contributed by atoms with van der Waals surface area (Å²) < 4.78 is 0. The molecule has 0 saturated heterocycles. The van der Waals surface area contributed by atoms with E-state index in [4.69, 9.17) is 11.6 Å². The summed E-state index contributed by atoms with van der Waals surface area (Å²) in [5, 5.41) is 10.9. The molecule has 94 valence electrons. The molecule has 6 nitrogen and oxygen atoms in total. The van der Waals surface area contributed by atoms with Crippen LogP contribution in [0.1, 0.15) is 27.2 Å². The molecular weight excluding hydrogens is 244 g/mol. The van der Waals surface area contributed by atoms with Crippen LogP contribution in [0.5, 0.6) is 0 Å². The lowest BCUT2D eigenvalue weighted by Crippen LogP contribution is -2.32. The summed E-state index contributed by atoms with van der Waals surface area (Å²) in [7, 11) is 0. The van der Waals surface area contributed by atoms with Gasteiger partial charge in [0.1, 0.15) is 6.33 Å². The highest BCUT2D eigenvalue weighted by molar-refractivity contribution is 6.31. The second-order valence-corrected chi connectivity index (χ2v) is 4.24. The molecule has 0 bridgehead atoms. The molecule has 1 rings (SSSR count). The fraction of sp³-hybridized carbons (Fsp3) is 0.600. The van der Waals surface area contributed by atoms with Crippen molar-refractivity contribution in [2.45, 2.75) is 33.2 Å². The van der Waals surface area contributed by atoms with Crippen molar-refractivity contribution in [1.29, 1.82) is 0 Å². The highest BCUT2D eigenvalue weighted by Crippen LogP contribution is 2.32. The minimum atomic E-state index is -0.539. The minimum absolute atomic E-state index is 0.111. The first-order valence-corrected chi connectivity index (χ1v) is 5.78. The van der Waals surface area contributed by atoms with Gasteiger partial charge in [0.25, 0.3) is 0 Å². The molecule has 0 amide bonds. The zero-order chi connectivity index (χ0) is 13.0. The van der Waals surface area contributed by atoms with Gasteiger partial charge in [-0.2, -0.15) is 0 Å². The van der Waals surface area contributed by atoms with Gasteiger partial charge in [-0.1, -0.05) is 18.5 Å². The third kappa shape index (κ3) is 3.03. The lowest BCUT2D eigenvalue weighted by molar-refractivity contribution is -0.384. The van der Waals surface area contributed by atoms with Gasteiger partial charge >= 0.3 is 5.69 Å². The molecule has 0 radical (unpaired) electrons. The Bertz CT molecular complexity index is 411. The van der Waals surface area contributed by atoms with Crippen molar-refractivity contribution in [1.82, 2.24) is 9.97 Å². The van der Waals surface area contributed by atoms with E-state index in [9.17, 15) is 10.1 Å². The molecule has 0 aliphatic rings. The number of rotatable bonds is 5. The Kier molecular flexibility index (Phi) is 4.62. The van der Waals surface area contributed by atoms with E-state index < -0.39 is 4.92 Å². The van der Waals surface area contributed by atoms with Crippen molar-refractivity contribution >= 4 is 23.1 Å². The lowest BCUT2D eigenvalue weighted by atomic mass is 10.2. The van der Waals surface area contributed by atoms with Crippen molar-refractivity contribution < 1.29 is 4.92 Å². The molecule has 0 spiro atoms. The van der Waals surface area contributed by atoms with Gasteiger partial charge in [0.05, 0.1) is 4.92 Å². The average molecular weight is 259 g/mol. The fourth-order valence-electron chi connectivity index (χ4n) is 1.57. The van der Waals surface area contributed by atoms with Crippen molar-refractivity contribution in [3.63, 3.8) is 0 Å². The lowest BCUT2D eigenvalue weighted by Gasteiger charge is -2.26. The van der Waals surface area contributed by atoms with Crippen LogP contribution in [0.2, 0.25) is 5.15 Å². The zero-order valence-electron chi connectivity index (χ0n) is 10.1. The van der Waals surface area contributed by atoms with Crippen LogP contribution in [0.4, 0.5) is 11.5 Å². The Hall–Kier alpha value is -1.43. The Morgan fingerprint density at radius 3 is 2.65 bits per heavy atom. The van der Waals surface area contributed by atoms with Gasteiger partial charge in [0, 0.05) is 12.6 Å². The number of aromatic nitrogens is 2. The molecule has 1 aromatic heterocycles. The Labute approximate surface area is 105 Å². The predicted octanol–water partition coefficient (Wildman–Crippen LogP) is 2.66. The third-order valence-electron chi connectivity index (χ3n) is 2.30. The van der Waals surface area contributed by atoms with Crippen LogP contribution in [0.3, 0.4) is 0 Å². The first kappa shape index (κ1) is 13.6. The third-order valence-corrected chi connectivity index (χ3v) is 2.58. The molecule has 0 atom stereocenters. The first-order valence-electron chi connectivity index (χ1n) is 5.40. The predicted molar refractivity (Wildman–Crippen MR) is 66.5 cm³/mol.